The van der Waals surface area contributed by atoms with Crippen LogP contribution in [0.2, 0.25) is 0 Å². The molecule has 0 saturated heterocycles. The highest BCUT2D eigenvalue weighted by atomic mass is 19.4. The molecule has 0 fully saturated rings. The van der Waals surface area contributed by atoms with Gasteiger partial charge in [0, 0.05) is 18.8 Å². The van der Waals surface area contributed by atoms with Crippen molar-refractivity contribution in [2.75, 3.05) is 6.61 Å². The fourth-order valence-corrected chi connectivity index (χ4v) is 2.89. The molecule has 1 aromatic heterocycles. The van der Waals surface area contributed by atoms with E-state index in [0.717, 1.165) is 18.4 Å². The lowest BCUT2D eigenvalue weighted by atomic mass is 10.1. The van der Waals surface area contributed by atoms with E-state index in [4.69, 9.17) is 0 Å². The standard InChI is InChI=1S/C18H18F3N3O2.C2H6/c19-18(20,21)11-26-16-9-12(7-8-22-16)10-23-17(25)24-15-6-5-13-3-1-2-4-14(13)15;1-2/h1-4,7-9,15H,5-6,10-11H2,(H2,23,24,25);1-2H3. The lowest BCUT2D eigenvalue weighted by molar-refractivity contribution is -0.154. The minimum Gasteiger partial charge on any atom is -0.468 e. The van der Waals surface area contributed by atoms with Crippen molar-refractivity contribution in [1.82, 2.24) is 15.6 Å². The molecular weight excluding hydrogens is 371 g/mol. The first-order valence-electron chi connectivity index (χ1n) is 9.17. The molecule has 1 unspecified atom stereocenters. The smallest absolute Gasteiger partial charge is 0.422 e. The Morgan fingerprint density at radius 2 is 2.00 bits per heavy atom. The van der Waals surface area contributed by atoms with Gasteiger partial charge in [-0.2, -0.15) is 13.2 Å². The average molecular weight is 395 g/mol. The molecule has 5 nitrogen and oxygen atoms in total. The topological polar surface area (TPSA) is 63.2 Å². The Morgan fingerprint density at radius 1 is 1.25 bits per heavy atom. The fraction of sp³-hybridized carbons (Fsp3) is 0.400. The summed E-state index contributed by atoms with van der Waals surface area (Å²) in [5.41, 5.74) is 2.95. The zero-order valence-electron chi connectivity index (χ0n) is 15.8. The van der Waals surface area contributed by atoms with Crippen LogP contribution in [0.15, 0.2) is 42.6 Å². The van der Waals surface area contributed by atoms with Crippen LogP contribution in [0, 0.1) is 0 Å². The van der Waals surface area contributed by atoms with Crippen molar-refractivity contribution in [3.63, 3.8) is 0 Å². The third-order valence-electron chi connectivity index (χ3n) is 4.07. The molecule has 0 radical (unpaired) electrons. The van der Waals surface area contributed by atoms with Crippen LogP contribution in [-0.4, -0.2) is 23.8 Å². The van der Waals surface area contributed by atoms with Gasteiger partial charge in [-0.05, 0) is 35.6 Å². The Morgan fingerprint density at radius 3 is 2.75 bits per heavy atom. The lowest BCUT2D eigenvalue weighted by Gasteiger charge is -2.15. The molecule has 2 aromatic rings. The number of halogens is 3. The summed E-state index contributed by atoms with van der Waals surface area (Å²) in [4.78, 5) is 15.8. The molecule has 3 rings (SSSR count). The van der Waals surface area contributed by atoms with Crippen LogP contribution >= 0.6 is 0 Å². The van der Waals surface area contributed by atoms with Gasteiger partial charge in [0.1, 0.15) is 0 Å². The Kier molecular flexibility index (Phi) is 7.66. The van der Waals surface area contributed by atoms with Gasteiger partial charge >= 0.3 is 12.2 Å². The van der Waals surface area contributed by atoms with E-state index in [1.165, 1.54) is 17.8 Å². The molecule has 8 heteroatoms. The van der Waals surface area contributed by atoms with Crippen molar-refractivity contribution in [1.29, 1.82) is 0 Å². The quantitative estimate of drug-likeness (QED) is 0.782. The molecule has 0 bridgehead atoms. The Hall–Kier alpha value is -2.77. The van der Waals surface area contributed by atoms with Gasteiger partial charge in [-0.15, -0.1) is 0 Å². The Labute approximate surface area is 162 Å². The minimum absolute atomic E-state index is 0.0330. The van der Waals surface area contributed by atoms with Gasteiger partial charge in [0.15, 0.2) is 6.61 Å². The van der Waals surface area contributed by atoms with E-state index < -0.39 is 12.8 Å². The number of urea groups is 1. The first-order valence-corrected chi connectivity index (χ1v) is 9.17. The van der Waals surface area contributed by atoms with Crippen molar-refractivity contribution in [2.45, 2.75) is 45.5 Å². The second-order valence-corrected chi connectivity index (χ2v) is 6.02. The number of hydrogen-bond donors (Lipinski definition) is 2. The van der Waals surface area contributed by atoms with Crippen LogP contribution in [0.3, 0.4) is 0 Å². The molecule has 2 amide bonds. The van der Waals surface area contributed by atoms with Crippen LogP contribution in [0.1, 0.15) is 43.0 Å². The van der Waals surface area contributed by atoms with Gasteiger partial charge in [0.05, 0.1) is 6.04 Å². The van der Waals surface area contributed by atoms with Crippen molar-refractivity contribution >= 4 is 6.03 Å². The highest BCUT2D eigenvalue weighted by Gasteiger charge is 2.28. The van der Waals surface area contributed by atoms with Crippen molar-refractivity contribution in [3.8, 4) is 5.88 Å². The number of amides is 2. The lowest BCUT2D eigenvalue weighted by Crippen LogP contribution is -2.36. The number of carbonyl (C=O) groups excluding carboxylic acids is 1. The van der Waals surface area contributed by atoms with Crippen LogP contribution in [0.5, 0.6) is 5.88 Å². The summed E-state index contributed by atoms with van der Waals surface area (Å²) in [6.07, 6.45) is -1.32. The molecule has 1 heterocycles. The predicted octanol–water partition coefficient (Wildman–Crippen LogP) is 4.54. The largest absolute Gasteiger partial charge is 0.468 e. The van der Waals surface area contributed by atoms with Gasteiger partial charge in [-0.3, -0.25) is 0 Å². The number of pyridine rings is 1. The molecular formula is C20H24F3N3O2. The molecule has 152 valence electrons. The first-order chi connectivity index (χ1) is 13.4. The van der Waals surface area contributed by atoms with E-state index in [1.807, 2.05) is 38.1 Å². The summed E-state index contributed by atoms with van der Waals surface area (Å²) in [6, 6.07) is 10.6. The third kappa shape index (κ3) is 6.44. The summed E-state index contributed by atoms with van der Waals surface area (Å²) in [5, 5.41) is 5.62. The molecule has 1 aliphatic carbocycles. The SMILES string of the molecule is CC.O=C(NCc1ccnc(OCC(F)(F)F)c1)NC1CCc2ccccc21. The number of benzene rings is 1. The number of aromatic nitrogens is 1. The van der Waals surface area contributed by atoms with E-state index in [2.05, 4.69) is 20.4 Å². The molecule has 28 heavy (non-hydrogen) atoms. The van der Waals surface area contributed by atoms with Crippen LogP contribution < -0.4 is 15.4 Å². The van der Waals surface area contributed by atoms with Gasteiger partial charge in [-0.1, -0.05) is 38.1 Å². The molecule has 0 saturated carbocycles. The summed E-state index contributed by atoms with van der Waals surface area (Å²) in [6.45, 7) is 2.75. The van der Waals surface area contributed by atoms with Gasteiger partial charge < -0.3 is 15.4 Å². The number of hydrogen-bond acceptors (Lipinski definition) is 3. The van der Waals surface area contributed by atoms with Crippen molar-refractivity contribution in [3.05, 3.63) is 59.3 Å². The number of fused-ring (bicyclic) bond motifs is 1. The molecule has 1 aromatic carbocycles. The normalized spacial score (nSPS) is 15.1. The zero-order valence-corrected chi connectivity index (χ0v) is 15.8. The maximum atomic E-state index is 12.2. The zero-order chi connectivity index (χ0) is 20.6. The van der Waals surface area contributed by atoms with Crippen LogP contribution in [0.4, 0.5) is 18.0 Å². The predicted molar refractivity (Wildman–Crippen MR) is 100 cm³/mol. The number of carbonyl (C=O) groups is 1. The number of ether oxygens (including phenoxy) is 1. The van der Waals surface area contributed by atoms with E-state index in [9.17, 15) is 18.0 Å². The number of nitrogens with one attached hydrogen (secondary N) is 2. The number of rotatable bonds is 5. The van der Waals surface area contributed by atoms with Crippen LogP contribution in [0.25, 0.3) is 0 Å². The molecule has 1 atom stereocenters. The van der Waals surface area contributed by atoms with E-state index in [1.54, 1.807) is 6.07 Å². The third-order valence-corrected chi connectivity index (χ3v) is 4.07. The minimum atomic E-state index is -4.42. The van der Waals surface area contributed by atoms with E-state index in [-0.39, 0.29) is 24.5 Å². The maximum absolute atomic E-state index is 12.2. The van der Waals surface area contributed by atoms with E-state index in [0.29, 0.717) is 5.56 Å². The summed E-state index contributed by atoms with van der Waals surface area (Å²) < 4.78 is 41.1. The van der Waals surface area contributed by atoms with E-state index >= 15 is 0 Å². The molecule has 0 aliphatic heterocycles. The Bertz CT molecular complexity index is 781. The Balaban J connectivity index is 0.00000136. The molecule has 0 spiro atoms. The second-order valence-electron chi connectivity index (χ2n) is 6.02. The van der Waals surface area contributed by atoms with Gasteiger partial charge in [0.2, 0.25) is 5.88 Å². The van der Waals surface area contributed by atoms with Gasteiger partial charge in [-0.25, -0.2) is 9.78 Å². The molecule has 2 N–H and O–H groups in total. The highest BCUT2D eigenvalue weighted by molar-refractivity contribution is 5.74. The highest BCUT2D eigenvalue weighted by Crippen LogP contribution is 2.30. The first kappa shape index (κ1) is 21.5. The molecule has 1 aliphatic rings. The van der Waals surface area contributed by atoms with Crippen molar-refractivity contribution in [2.24, 2.45) is 0 Å². The maximum Gasteiger partial charge on any atom is 0.422 e. The number of aryl methyl sites for hydroxylation is 1. The second kappa shape index (κ2) is 9.96. The summed E-state index contributed by atoms with van der Waals surface area (Å²) >= 11 is 0. The van der Waals surface area contributed by atoms with Gasteiger partial charge in [0.25, 0.3) is 0 Å². The van der Waals surface area contributed by atoms with Crippen molar-refractivity contribution < 1.29 is 22.7 Å². The number of alkyl halides is 3. The summed E-state index contributed by atoms with van der Waals surface area (Å²) in [7, 11) is 0. The monoisotopic (exact) mass is 395 g/mol. The number of nitrogens with zero attached hydrogens (tertiary/aromatic N) is 1. The fourth-order valence-electron chi connectivity index (χ4n) is 2.89. The average Bonchev–Trinajstić information content (AvgIpc) is 3.09. The van der Waals surface area contributed by atoms with Crippen LogP contribution in [-0.2, 0) is 13.0 Å². The summed E-state index contributed by atoms with van der Waals surface area (Å²) in [5.74, 6) is -0.133.